The summed E-state index contributed by atoms with van der Waals surface area (Å²) >= 11 is 3.47. The lowest BCUT2D eigenvalue weighted by Crippen LogP contribution is -2.12. The molecule has 0 atom stereocenters. The molecule has 2 N–H and O–H groups in total. The number of primary amides is 1. The van der Waals surface area contributed by atoms with Gasteiger partial charge in [-0.2, -0.15) is 5.26 Å². The topological polar surface area (TPSA) is 121 Å². The summed E-state index contributed by atoms with van der Waals surface area (Å²) < 4.78 is 22.0. The van der Waals surface area contributed by atoms with Crippen LogP contribution < -0.4 is 24.7 Å². The number of nitrogens with zero attached hydrogens (tertiary/aromatic N) is 1. The Kier molecular flexibility index (Phi) is 8.46. The highest BCUT2D eigenvalue weighted by molar-refractivity contribution is 9.10. The van der Waals surface area contributed by atoms with Gasteiger partial charge in [0.1, 0.15) is 11.6 Å². The Bertz CT molecular complexity index is 1060. The molecule has 0 saturated heterocycles. The van der Waals surface area contributed by atoms with Gasteiger partial charge < -0.3 is 24.7 Å². The van der Waals surface area contributed by atoms with Gasteiger partial charge in [-0.25, -0.2) is 0 Å². The average molecular weight is 489 g/mol. The highest BCUT2D eigenvalue weighted by Crippen LogP contribution is 2.34. The minimum absolute atomic E-state index is 0.110. The zero-order valence-electron chi connectivity index (χ0n) is 17.2. The maximum absolute atomic E-state index is 12.4. The van der Waals surface area contributed by atoms with Crippen molar-refractivity contribution in [1.29, 1.82) is 5.26 Å². The van der Waals surface area contributed by atoms with Gasteiger partial charge in [0.05, 0.1) is 27.8 Å². The Morgan fingerprint density at radius 2 is 1.65 bits per heavy atom. The van der Waals surface area contributed by atoms with Crippen LogP contribution in [-0.2, 0) is 16.0 Å². The van der Waals surface area contributed by atoms with Crippen molar-refractivity contribution in [3.05, 3.63) is 51.5 Å². The summed E-state index contributed by atoms with van der Waals surface area (Å²) in [6, 6.07) is 9.93. The first-order chi connectivity index (χ1) is 14.8. The molecule has 0 aliphatic heterocycles. The number of nitriles is 1. The molecule has 2 aromatic rings. The standard InChI is InChI=1S/C22H21BrN2O6/c1-28-18-9-13(8-15(12-24)22(25)27)4-6-17(18)31-21(26)7-5-14-10-19(29-2)20(30-3)11-16(14)23/h4,6,8-11H,5,7H2,1-3H3,(H2,25,27)/b15-8+. The summed E-state index contributed by atoms with van der Waals surface area (Å²) in [5.74, 6) is 0.337. The highest BCUT2D eigenvalue weighted by Gasteiger charge is 2.14. The fourth-order valence-electron chi connectivity index (χ4n) is 2.68. The van der Waals surface area contributed by atoms with E-state index in [2.05, 4.69) is 15.9 Å². The van der Waals surface area contributed by atoms with E-state index < -0.39 is 11.9 Å². The maximum atomic E-state index is 12.4. The summed E-state index contributed by atoms with van der Waals surface area (Å²) in [7, 11) is 4.50. The van der Waals surface area contributed by atoms with Crippen molar-refractivity contribution in [2.45, 2.75) is 12.8 Å². The third-order valence-corrected chi connectivity index (χ3v) is 5.00. The van der Waals surface area contributed by atoms with E-state index in [0.717, 1.165) is 10.0 Å². The molecule has 0 fully saturated rings. The molecule has 2 rings (SSSR count). The number of hydrogen-bond donors (Lipinski definition) is 1. The third-order valence-electron chi connectivity index (χ3n) is 4.26. The lowest BCUT2D eigenvalue weighted by Gasteiger charge is -2.12. The number of nitrogens with two attached hydrogens (primary N) is 1. The first-order valence-electron chi connectivity index (χ1n) is 9.03. The molecule has 9 heteroatoms. The molecule has 0 radical (unpaired) electrons. The quantitative estimate of drug-likeness (QED) is 0.248. The van der Waals surface area contributed by atoms with Crippen molar-refractivity contribution < 1.29 is 28.5 Å². The summed E-state index contributed by atoms with van der Waals surface area (Å²) in [4.78, 5) is 23.6. The number of halogens is 1. The van der Waals surface area contributed by atoms with Crippen molar-refractivity contribution in [3.63, 3.8) is 0 Å². The molecule has 0 aliphatic rings. The Hall–Kier alpha value is -3.51. The number of aryl methyl sites for hydroxylation is 1. The number of carbonyl (C=O) groups excluding carboxylic acids is 2. The second-order valence-corrected chi connectivity index (χ2v) is 7.07. The third kappa shape index (κ3) is 6.23. The minimum Gasteiger partial charge on any atom is -0.493 e. The Balaban J connectivity index is 2.12. The van der Waals surface area contributed by atoms with Gasteiger partial charge in [0.25, 0.3) is 5.91 Å². The van der Waals surface area contributed by atoms with Crippen molar-refractivity contribution >= 4 is 33.9 Å². The van der Waals surface area contributed by atoms with Crippen LogP contribution in [0.1, 0.15) is 17.5 Å². The number of esters is 1. The van der Waals surface area contributed by atoms with Gasteiger partial charge in [0, 0.05) is 4.47 Å². The molecule has 1 amide bonds. The van der Waals surface area contributed by atoms with Gasteiger partial charge >= 0.3 is 5.97 Å². The molecule has 31 heavy (non-hydrogen) atoms. The Morgan fingerprint density at radius 1 is 1.03 bits per heavy atom. The predicted molar refractivity (Wildman–Crippen MR) is 117 cm³/mol. The van der Waals surface area contributed by atoms with E-state index in [1.54, 1.807) is 31.4 Å². The van der Waals surface area contributed by atoms with Crippen LogP contribution in [0.2, 0.25) is 0 Å². The van der Waals surface area contributed by atoms with Crippen LogP contribution in [0.15, 0.2) is 40.4 Å². The number of methoxy groups -OCH3 is 3. The molecule has 0 heterocycles. The predicted octanol–water partition coefficient (Wildman–Crippen LogP) is 3.41. The maximum Gasteiger partial charge on any atom is 0.311 e. The van der Waals surface area contributed by atoms with Crippen molar-refractivity contribution in [3.8, 4) is 29.1 Å². The van der Waals surface area contributed by atoms with Gasteiger partial charge in [-0.15, -0.1) is 0 Å². The number of ether oxygens (including phenoxy) is 4. The number of rotatable bonds is 9. The highest BCUT2D eigenvalue weighted by atomic mass is 79.9. The van der Waals surface area contributed by atoms with E-state index in [1.165, 1.54) is 32.4 Å². The average Bonchev–Trinajstić information content (AvgIpc) is 2.76. The minimum atomic E-state index is -0.835. The molecule has 0 spiro atoms. The Morgan fingerprint density at radius 3 is 2.23 bits per heavy atom. The van der Waals surface area contributed by atoms with Crippen LogP contribution in [0.4, 0.5) is 0 Å². The molecule has 8 nitrogen and oxygen atoms in total. The van der Waals surface area contributed by atoms with Crippen LogP contribution in [0.25, 0.3) is 6.08 Å². The van der Waals surface area contributed by atoms with Crippen molar-refractivity contribution in [2.75, 3.05) is 21.3 Å². The zero-order valence-corrected chi connectivity index (χ0v) is 18.8. The molecule has 0 aliphatic carbocycles. The van der Waals surface area contributed by atoms with Crippen LogP contribution >= 0.6 is 15.9 Å². The van der Waals surface area contributed by atoms with Crippen LogP contribution in [0.5, 0.6) is 23.0 Å². The molecular formula is C22H21BrN2O6. The smallest absolute Gasteiger partial charge is 0.311 e. The summed E-state index contributed by atoms with van der Waals surface area (Å²) in [6.45, 7) is 0. The molecular weight excluding hydrogens is 468 g/mol. The van der Waals surface area contributed by atoms with Gasteiger partial charge in [0.2, 0.25) is 0 Å². The lowest BCUT2D eigenvalue weighted by atomic mass is 10.1. The van der Waals surface area contributed by atoms with Gasteiger partial charge in [-0.3, -0.25) is 9.59 Å². The number of amides is 1. The second-order valence-electron chi connectivity index (χ2n) is 6.22. The van der Waals surface area contributed by atoms with E-state index in [1.807, 2.05) is 0 Å². The van der Waals surface area contributed by atoms with Crippen LogP contribution in [-0.4, -0.2) is 33.2 Å². The van der Waals surface area contributed by atoms with E-state index >= 15 is 0 Å². The molecule has 0 bridgehead atoms. The molecule has 0 unspecified atom stereocenters. The fraction of sp³-hybridized carbons (Fsp3) is 0.227. The first kappa shape index (κ1) is 23.8. The fourth-order valence-corrected chi connectivity index (χ4v) is 3.20. The van der Waals surface area contributed by atoms with E-state index in [-0.39, 0.29) is 23.5 Å². The molecule has 0 saturated carbocycles. The monoisotopic (exact) mass is 488 g/mol. The largest absolute Gasteiger partial charge is 0.493 e. The normalized spacial score (nSPS) is 10.7. The zero-order chi connectivity index (χ0) is 23.0. The summed E-state index contributed by atoms with van der Waals surface area (Å²) in [6.07, 6.45) is 1.84. The number of carbonyl (C=O) groups is 2. The first-order valence-corrected chi connectivity index (χ1v) is 9.83. The van der Waals surface area contributed by atoms with Crippen LogP contribution in [0, 0.1) is 11.3 Å². The van der Waals surface area contributed by atoms with E-state index in [0.29, 0.717) is 23.5 Å². The summed E-state index contributed by atoms with van der Waals surface area (Å²) in [5, 5.41) is 8.95. The lowest BCUT2D eigenvalue weighted by molar-refractivity contribution is -0.134. The second kappa shape index (κ2) is 11.0. The van der Waals surface area contributed by atoms with E-state index in [9.17, 15) is 9.59 Å². The van der Waals surface area contributed by atoms with Crippen molar-refractivity contribution in [1.82, 2.24) is 0 Å². The van der Waals surface area contributed by atoms with Gasteiger partial charge in [0.15, 0.2) is 23.0 Å². The molecule has 162 valence electrons. The van der Waals surface area contributed by atoms with Crippen LogP contribution in [0.3, 0.4) is 0 Å². The SMILES string of the molecule is COc1cc(Br)c(CCC(=O)Oc2ccc(/C=C(\C#N)C(N)=O)cc2OC)cc1OC. The molecule has 0 aromatic heterocycles. The number of hydrogen-bond acceptors (Lipinski definition) is 7. The number of benzene rings is 2. The van der Waals surface area contributed by atoms with Crippen molar-refractivity contribution in [2.24, 2.45) is 5.73 Å². The van der Waals surface area contributed by atoms with Gasteiger partial charge in [-0.05, 0) is 47.9 Å². The Labute approximate surface area is 188 Å². The molecule has 2 aromatic carbocycles. The van der Waals surface area contributed by atoms with Gasteiger partial charge in [-0.1, -0.05) is 22.0 Å². The summed E-state index contributed by atoms with van der Waals surface area (Å²) in [5.41, 5.74) is 6.30. The van der Waals surface area contributed by atoms with E-state index in [4.69, 9.17) is 29.9 Å².